The summed E-state index contributed by atoms with van der Waals surface area (Å²) in [5, 5.41) is 7.13. The van der Waals surface area contributed by atoms with Crippen LogP contribution in [0.4, 0.5) is 15.8 Å². The molecule has 0 radical (unpaired) electrons. The normalized spacial score (nSPS) is 16.9. The second-order valence-corrected chi connectivity index (χ2v) is 8.24. The molecule has 1 aromatic heterocycles. The lowest BCUT2D eigenvalue weighted by Gasteiger charge is -2.37. The number of nitrogens with two attached hydrogens (primary N) is 1. The van der Waals surface area contributed by atoms with Gasteiger partial charge in [0.15, 0.2) is 5.82 Å². The fourth-order valence-electron chi connectivity index (χ4n) is 3.97. The number of aromatic nitrogens is 2. The average Bonchev–Trinajstić information content (AvgIpc) is 2.84. The van der Waals surface area contributed by atoms with Gasteiger partial charge in [0.2, 0.25) is 0 Å². The Bertz CT molecular complexity index is 991. The summed E-state index contributed by atoms with van der Waals surface area (Å²) in [6.45, 7) is 3.78. The minimum atomic E-state index is -0.655. The summed E-state index contributed by atoms with van der Waals surface area (Å²) in [7, 11) is 0. The molecule has 2 fully saturated rings. The van der Waals surface area contributed by atoms with Gasteiger partial charge in [0.1, 0.15) is 25.0 Å². The first kappa shape index (κ1) is 23.7. The lowest BCUT2D eigenvalue weighted by Crippen LogP contribution is -2.47. The Morgan fingerprint density at radius 1 is 1.15 bits per heavy atom. The molecule has 0 amide bonds. The first-order valence-corrected chi connectivity index (χ1v) is 11.3. The number of rotatable bonds is 8. The zero-order chi connectivity index (χ0) is 23.9. The van der Waals surface area contributed by atoms with Crippen LogP contribution in [-0.4, -0.2) is 67.3 Å². The van der Waals surface area contributed by atoms with Crippen molar-refractivity contribution in [2.75, 3.05) is 49.2 Å². The minimum absolute atomic E-state index is 0.0893. The maximum absolute atomic E-state index is 15.1. The number of amidine groups is 1. The number of ether oxygens (including phenoxy) is 3. The van der Waals surface area contributed by atoms with Crippen LogP contribution < -0.4 is 20.3 Å². The van der Waals surface area contributed by atoms with Crippen molar-refractivity contribution >= 4 is 23.2 Å². The molecule has 4 rings (SSSR count). The summed E-state index contributed by atoms with van der Waals surface area (Å²) in [5.41, 5.74) is 6.84. The number of nitrogens with zero attached hydrogens (tertiary/aromatic N) is 4. The molecule has 11 heteroatoms. The van der Waals surface area contributed by atoms with Gasteiger partial charge in [-0.05, 0) is 6.07 Å². The first-order chi connectivity index (χ1) is 16.5. The van der Waals surface area contributed by atoms with E-state index in [1.165, 1.54) is 0 Å². The highest BCUT2D eigenvalue weighted by molar-refractivity contribution is 5.94. The third kappa shape index (κ3) is 6.10. The van der Waals surface area contributed by atoms with Gasteiger partial charge in [-0.25, -0.2) is 14.4 Å². The molecular weight excluding hydrogens is 443 g/mol. The van der Waals surface area contributed by atoms with Crippen LogP contribution in [0.2, 0.25) is 0 Å². The van der Waals surface area contributed by atoms with E-state index in [0.717, 1.165) is 18.5 Å². The molecule has 0 saturated carbocycles. The number of benzene rings is 1. The lowest BCUT2D eigenvalue weighted by atomic mass is 10.1. The van der Waals surface area contributed by atoms with Crippen LogP contribution in [0.1, 0.15) is 24.8 Å². The number of hydrogen-bond acceptors (Lipinski definition) is 9. The number of anilines is 2. The smallest absolute Gasteiger partial charge is 0.316 e. The number of esters is 1. The number of piperazine rings is 1. The van der Waals surface area contributed by atoms with Gasteiger partial charge in [-0.2, -0.15) is 0 Å². The Balaban J connectivity index is 1.31. The summed E-state index contributed by atoms with van der Waals surface area (Å²) in [6.07, 6.45) is 4.97. The standard InChI is InChI=1S/C23H29FN6O4/c24-22-16(15-33-21(31)12-20(25)26)2-1-3-19(22)30-8-6-29(7-9-30)17-13-27-23(28-14-17)34-18-4-10-32-11-5-18/h1-3,13-14,18H,4-12,15H2,(H3,25,26). The molecule has 0 atom stereocenters. The Kier molecular flexibility index (Phi) is 7.73. The molecule has 2 saturated heterocycles. The predicted octanol–water partition coefficient (Wildman–Crippen LogP) is 1.87. The molecular formula is C23H29FN6O4. The summed E-state index contributed by atoms with van der Waals surface area (Å²) in [6, 6.07) is 5.41. The molecule has 2 aliphatic rings. The Labute approximate surface area is 197 Å². The van der Waals surface area contributed by atoms with Gasteiger partial charge in [0.05, 0.1) is 37.0 Å². The molecule has 10 nitrogen and oxygen atoms in total. The van der Waals surface area contributed by atoms with E-state index in [-0.39, 0.29) is 30.5 Å². The van der Waals surface area contributed by atoms with Crippen molar-refractivity contribution < 1.29 is 23.4 Å². The quantitative estimate of drug-likeness (QED) is 0.336. The Morgan fingerprint density at radius 2 is 1.82 bits per heavy atom. The van der Waals surface area contributed by atoms with Crippen molar-refractivity contribution in [2.45, 2.75) is 32.0 Å². The minimum Gasteiger partial charge on any atom is -0.460 e. The van der Waals surface area contributed by atoms with Crippen LogP contribution in [-0.2, 0) is 20.9 Å². The monoisotopic (exact) mass is 472 g/mol. The van der Waals surface area contributed by atoms with Crippen molar-refractivity contribution in [1.82, 2.24) is 9.97 Å². The second kappa shape index (κ2) is 11.1. The number of hydrogen-bond donors (Lipinski definition) is 2. The van der Waals surface area contributed by atoms with Gasteiger partial charge < -0.3 is 29.7 Å². The van der Waals surface area contributed by atoms with Crippen LogP contribution >= 0.6 is 0 Å². The number of halogens is 1. The molecule has 3 heterocycles. The van der Waals surface area contributed by atoms with Crippen LogP contribution in [0.5, 0.6) is 6.01 Å². The largest absolute Gasteiger partial charge is 0.460 e. The number of carbonyl (C=O) groups excluding carboxylic acids is 1. The Hall–Kier alpha value is -3.47. The molecule has 0 aliphatic carbocycles. The molecule has 2 aliphatic heterocycles. The van der Waals surface area contributed by atoms with E-state index in [4.69, 9.17) is 25.4 Å². The predicted molar refractivity (Wildman–Crippen MR) is 124 cm³/mol. The van der Waals surface area contributed by atoms with Crippen molar-refractivity contribution in [3.05, 3.63) is 42.0 Å². The molecule has 0 unspecified atom stereocenters. The highest BCUT2D eigenvalue weighted by Crippen LogP contribution is 2.26. The summed E-state index contributed by atoms with van der Waals surface area (Å²) in [4.78, 5) is 24.4. The zero-order valence-electron chi connectivity index (χ0n) is 18.9. The number of nitrogens with one attached hydrogen (secondary N) is 1. The van der Waals surface area contributed by atoms with Gasteiger partial charge in [-0.3, -0.25) is 10.2 Å². The third-order valence-corrected chi connectivity index (χ3v) is 5.82. The van der Waals surface area contributed by atoms with E-state index >= 15 is 4.39 Å². The van der Waals surface area contributed by atoms with Gasteiger partial charge in [-0.1, -0.05) is 12.1 Å². The first-order valence-electron chi connectivity index (χ1n) is 11.3. The summed E-state index contributed by atoms with van der Waals surface area (Å²) < 4.78 is 31.3. The molecule has 182 valence electrons. The summed E-state index contributed by atoms with van der Waals surface area (Å²) >= 11 is 0. The van der Waals surface area contributed by atoms with E-state index in [0.29, 0.717) is 51.1 Å². The lowest BCUT2D eigenvalue weighted by molar-refractivity contribution is -0.143. The average molecular weight is 473 g/mol. The third-order valence-electron chi connectivity index (χ3n) is 5.82. The van der Waals surface area contributed by atoms with Gasteiger partial charge >= 0.3 is 12.0 Å². The van der Waals surface area contributed by atoms with Crippen molar-refractivity contribution in [1.29, 1.82) is 5.41 Å². The maximum Gasteiger partial charge on any atom is 0.316 e. The molecule has 34 heavy (non-hydrogen) atoms. The van der Waals surface area contributed by atoms with Crippen molar-refractivity contribution in [3.8, 4) is 6.01 Å². The SMILES string of the molecule is N=C(N)CC(=O)OCc1cccc(N2CCN(c3cnc(OC4CCOCC4)nc3)CC2)c1F. The molecule has 3 N–H and O–H groups in total. The van der Waals surface area contributed by atoms with E-state index in [2.05, 4.69) is 14.9 Å². The molecule has 0 bridgehead atoms. The second-order valence-electron chi connectivity index (χ2n) is 8.24. The van der Waals surface area contributed by atoms with Gasteiger partial charge in [0, 0.05) is 44.6 Å². The van der Waals surface area contributed by atoms with Crippen LogP contribution in [0.15, 0.2) is 30.6 Å². The van der Waals surface area contributed by atoms with E-state index in [9.17, 15) is 4.79 Å². The fraction of sp³-hybridized carbons (Fsp3) is 0.478. The highest BCUT2D eigenvalue weighted by atomic mass is 19.1. The highest BCUT2D eigenvalue weighted by Gasteiger charge is 2.22. The molecule has 2 aromatic rings. The fourth-order valence-corrected chi connectivity index (χ4v) is 3.97. The molecule has 1 aromatic carbocycles. The number of carbonyl (C=O) groups is 1. The van der Waals surface area contributed by atoms with Crippen molar-refractivity contribution in [3.63, 3.8) is 0 Å². The Morgan fingerprint density at radius 3 is 2.50 bits per heavy atom. The van der Waals surface area contributed by atoms with Crippen LogP contribution in [0, 0.1) is 11.2 Å². The van der Waals surface area contributed by atoms with Gasteiger partial charge in [0.25, 0.3) is 0 Å². The van der Waals surface area contributed by atoms with E-state index in [1.807, 2.05) is 4.90 Å². The maximum atomic E-state index is 15.1. The van der Waals surface area contributed by atoms with Crippen LogP contribution in [0.3, 0.4) is 0 Å². The van der Waals surface area contributed by atoms with Crippen molar-refractivity contribution in [2.24, 2.45) is 5.73 Å². The van der Waals surface area contributed by atoms with E-state index in [1.54, 1.807) is 30.6 Å². The van der Waals surface area contributed by atoms with Crippen LogP contribution in [0.25, 0.3) is 0 Å². The van der Waals surface area contributed by atoms with E-state index < -0.39 is 11.8 Å². The topological polar surface area (TPSA) is 127 Å². The van der Waals surface area contributed by atoms with Gasteiger partial charge in [-0.15, -0.1) is 0 Å². The summed E-state index contributed by atoms with van der Waals surface area (Å²) in [5.74, 6) is -1.36. The molecule has 0 spiro atoms. The zero-order valence-corrected chi connectivity index (χ0v) is 18.9.